The SMILES string of the molecule is Cn1ncc(C(=O)O)c1CNCC(C)(C)C. The molecule has 0 aliphatic rings. The first-order chi connectivity index (χ1) is 7.31. The van der Waals surface area contributed by atoms with Crippen molar-refractivity contribution in [2.75, 3.05) is 6.54 Å². The van der Waals surface area contributed by atoms with E-state index in [1.165, 1.54) is 6.20 Å². The molecule has 0 aromatic carbocycles. The predicted octanol–water partition coefficient (Wildman–Crippen LogP) is 1.25. The van der Waals surface area contributed by atoms with Gasteiger partial charge in [0.2, 0.25) is 0 Å². The summed E-state index contributed by atoms with van der Waals surface area (Å²) in [5.74, 6) is -0.930. The van der Waals surface area contributed by atoms with Gasteiger partial charge in [-0.25, -0.2) is 4.79 Å². The van der Waals surface area contributed by atoms with Crippen molar-refractivity contribution in [1.29, 1.82) is 0 Å². The number of aromatic carboxylic acids is 1. The van der Waals surface area contributed by atoms with E-state index in [9.17, 15) is 4.79 Å². The molecule has 1 rings (SSSR count). The van der Waals surface area contributed by atoms with Crippen LogP contribution in [0.5, 0.6) is 0 Å². The van der Waals surface area contributed by atoms with Crippen molar-refractivity contribution in [3.05, 3.63) is 17.5 Å². The number of aryl methyl sites for hydroxylation is 1. The standard InChI is InChI=1S/C11H19N3O2/c1-11(2,3)7-12-6-9-8(10(15)16)5-13-14(9)4/h5,12H,6-7H2,1-4H3,(H,15,16). The van der Waals surface area contributed by atoms with Gasteiger partial charge in [0.05, 0.1) is 11.9 Å². The fourth-order valence-electron chi connectivity index (χ4n) is 1.41. The van der Waals surface area contributed by atoms with E-state index >= 15 is 0 Å². The smallest absolute Gasteiger partial charge is 0.339 e. The highest BCUT2D eigenvalue weighted by atomic mass is 16.4. The minimum Gasteiger partial charge on any atom is -0.478 e. The quantitative estimate of drug-likeness (QED) is 0.809. The maximum absolute atomic E-state index is 10.9. The van der Waals surface area contributed by atoms with Gasteiger partial charge in [-0.2, -0.15) is 5.10 Å². The van der Waals surface area contributed by atoms with E-state index < -0.39 is 5.97 Å². The van der Waals surface area contributed by atoms with Crippen LogP contribution in [-0.2, 0) is 13.6 Å². The van der Waals surface area contributed by atoms with Crippen LogP contribution in [-0.4, -0.2) is 27.4 Å². The fourth-order valence-corrected chi connectivity index (χ4v) is 1.41. The van der Waals surface area contributed by atoms with Crippen LogP contribution in [0, 0.1) is 5.41 Å². The molecule has 0 saturated carbocycles. The molecule has 0 spiro atoms. The monoisotopic (exact) mass is 225 g/mol. The molecule has 0 fully saturated rings. The van der Waals surface area contributed by atoms with Crippen molar-refractivity contribution in [2.45, 2.75) is 27.3 Å². The summed E-state index contributed by atoms with van der Waals surface area (Å²) in [6, 6.07) is 0. The first kappa shape index (κ1) is 12.7. The molecule has 5 heteroatoms. The molecule has 1 heterocycles. The zero-order valence-corrected chi connectivity index (χ0v) is 10.2. The zero-order valence-electron chi connectivity index (χ0n) is 10.2. The Balaban J connectivity index is 2.66. The topological polar surface area (TPSA) is 67.2 Å². The van der Waals surface area contributed by atoms with E-state index in [4.69, 9.17) is 5.11 Å². The lowest BCUT2D eigenvalue weighted by atomic mass is 9.97. The molecule has 5 nitrogen and oxygen atoms in total. The van der Waals surface area contributed by atoms with Crippen LogP contribution < -0.4 is 5.32 Å². The van der Waals surface area contributed by atoms with Crippen molar-refractivity contribution >= 4 is 5.97 Å². The van der Waals surface area contributed by atoms with Gasteiger partial charge in [-0.05, 0) is 5.41 Å². The van der Waals surface area contributed by atoms with Gasteiger partial charge in [0.1, 0.15) is 5.56 Å². The number of carboxylic acids is 1. The predicted molar refractivity (Wildman–Crippen MR) is 61.3 cm³/mol. The van der Waals surface area contributed by atoms with Crippen molar-refractivity contribution in [3.63, 3.8) is 0 Å². The molecule has 0 radical (unpaired) electrons. The molecular weight excluding hydrogens is 206 g/mol. The van der Waals surface area contributed by atoms with E-state index in [-0.39, 0.29) is 11.0 Å². The third-order valence-corrected chi connectivity index (χ3v) is 2.24. The van der Waals surface area contributed by atoms with Gasteiger partial charge in [0, 0.05) is 20.1 Å². The number of rotatable bonds is 4. The first-order valence-corrected chi connectivity index (χ1v) is 5.26. The molecule has 0 aliphatic carbocycles. The Bertz CT molecular complexity index is 377. The number of nitrogens with zero attached hydrogens (tertiary/aromatic N) is 2. The molecule has 0 bridgehead atoms. The Morgan fingerprint density at radius 2 is 2.19 bits per heavy atom. The summed E-state index contributed by atoms with van der Waals surface area (Å²) in [5, 5.41) is 16.1. The first-order valence-electron chi connectivity index (χ1n) is 5.26. The summed E-state index contributed by atoms with van der Waals surface area (Å²) in [4.78, 5) is 10.9. The van der Waals surface area contributed by atoms with Gasteiger partial charge in [0.15, 0.2) is 0 Å². The van der Waals surface area contributed by atoms with Crippen molar-refractivity contribution in [1.82, 2.24) is 15.1 Å². The second kappa shape index (κ2) is 4.65. The van der Waals surface area contributed by atoms with Gasteiger partial charge in [0.25, 0.3) is 0 Å². The van der Waals surface area contributed by atoms with E-state index in [1.807, 2.05) is 0 Å². The molecule has 90 valence electrons. The van der Waals surface area contributed by atoms with Crippen LogP contribution in [0.4, 0.5) is 0 Å². The van der Waals surface area contributed by atoms with Gasteiger partial charge in [-0.15, -0.1) is 0 Å². The molecule has 0 saturated heterocycles. The largest absolute Gasteiger partial charge is 0.478 e. The molecular formula is C11H19N3O2. The number of nitrogens with one attached hydrogen (secondary N) is 1. The van der Waals surface area contributed by atoms with Crippen LogP contribution in [0.2, 0.25) is 0 Å². The normalized spacial score (nSPS) is 11.8. The van der Waals surface area contributed by atoms with Crippen LogP contribution in [0.25, 0.3) is 0 Å². The molecule has 16 heavy (non-hydrogen) atoms. The summed E-state index contributed by atoms with van der Waals surface area (Å²) >= 11 is 0. The van der Waals surface area contributed by atoms with Crippen LogP contribution >= 0.6 is 0 Å². The average Bonchev–Trinajstić information content (AvgIpc) is 2.46. The van der Waals surface area contributed by atoms with Crippen LogP contribution in [0.1, 0.15) is 36.8 Å². The summed E-state index contributed by atoms with van der Waals surface area (Å²) in [5.41, 5.74) is 1.16. The lowest BCUT2D eigenvalue weighted by molar-refractivity contribution is 0.0695. The van der Waals surface area contributed by atoms with Gasteiger partial charge in [-0.3, -0.25) is 4.68 Å². The lowest BCUT2D eigenvalue weighted by Gasteiger charge is -2.18. The minimum atomic E-state index is -0.930. The Labute approximate surface area is 95.5 Å². The molecule has 0 atom stereocenters. The van der Waals surface area contributed by atoms with E-state index in [0.29, 0.717) is 12.2 Å². The van der Waals surface area contributed by atoms with Crippen molar-refractivity contribution < 1.29 is 9.90 Å². The highest BCUT2D eigenvalue weighted by Crippen LogP contribution is 2.12. The lowest BCUT2D eigenvalue weighted by Crippen LogP contribution is -2.27. The van der Waals surface area contributed by atoms with E-state index in [0.717, 1.165) is 6.54 Å². The maximum atomic E-state index is 10.9. The van der Waals surface area contributed by atoms with Crippen LogP contribution in [0.15, 0.2) is 6.20 Å². The number of hydrogen-bond acceptors (Lipinski definition) is 3. The van der Waals surface area contributed by atoms with E-state index in [1.54, 1.807) is 11.7 Å². The van der Waals surface area contributed by atoms with Gasteiger partial charge >= 0.3 is 5.97 Å². The Morgan fingerprint density at radius 3 is 2.69 bits per heavy atom. The number of hydrogen-bond donors (Lipinski definition) is 2. The number of carbonyl (C=O) groups is 1. The summed E-state index contributed by atoms with van der Waals surface area (Å²) in [7, 11) is 1.75. The Morgan fingerprint density at radius 1 is 1.56 bits per heavy atom. The summed E-state index contributed by atoms with van der Waals surface area (Å²) < 4.78 is 1.60. The molecule has 0 amide bonds. The minimum absolute atomic E-state index is 0.183. The Hall–Kier alpha value is -1.36. The molecule has 0 aliphatic heterocycles. The van der Waals surface area contributed by atoms with Crippen LogP contribution in [0.3, 0.4) is 0 Å². The average molecular weight is 225 g/mol. The van der Waals surface area contributed by atoms with Gasteiger partial charge < -0.3 is 10.4 Å². The summed E-state index contributed by atoms with van der Waals surface area (Å²) in [6.07, 6.45) is 1.39. The highest BCUT2D eigenvalue weighted by Gasteiger charge is 2.15. The summed E-state index contributed by atoms with van der Waals surface area (Å²) in [6.45, 7) is 7.73. The maximum Gasteiger partial charge on any atom is 0.339 e. The third kappa shape index (κ3) is 3.34. The number of aromatic nitrogens is 2. The van der Waals surface area contributed by atoms with Gasteiger partial charge in [-0.1, -0.05) is 20.8 Å². The van der Waals surface area contributed by atoms with Crippen molar-refractivity contribution in [3.8, 4) is 0 Å². The van der Waals surface area contributed by atoms with E-state index in [2.05, 4.69) is 31.2 Å². The second-order valence-electron chi connectivity index (χ2n) is 5.10. The molecule has 2 N–H and O–H groups in total. The third-order valence-electron chi connectivity index (χ3n) is 2.24. The Kier molecular flexibility index (Phi) is 3.70. The molecule has 1 aromatic heterocycles. The highest BCUT2D eigenvalue weighted by molar-refractivity contribution is 5.88. The molecule has 1 aromatic rings. The number of carboxylic acid groups (broad SMARTS) is 1. The second-order valence-corrected chi connectivity index (χ2v) is 5.10. The molecule has 0 unspecified atom stereocenters. The zero-order chi connectivity index (χ0) is 12.3. The van der Waals surface area contributed by atoms with Crippen molar-refractivity contribution in [2.24, 2.45) is 12.5 Å². The fraction of sp³-hybridized carbons (Fsp3) is 0.636.